The van der Waals surface area contributed by atoms with Crippen molar-refractivity contribution in [1.29, 1.82) is 0 Å². The highest BCUT2D eigenvalue weighted by atomic mass is 32.1. The summed E-state index contributed by atoms with van der Waals surface area (Å²) in [5.74, 6) is 0.132. The van der Waals surface area contributed by atoms with Crippen molar-refractivity contribution < 1.29 is 4.79 Å². The Kier molecular flexibility index (Phi) is 4.60. The predicted molar refractivity (Wildman–Crippen MR) is 99.2 cm³/mol. The lowest BCUT2D eigenvalue weighted by atomic mass is 9.97. The third-order valence-corrected chi connectivity index (χ3v) is 6.56. The third kappa shape index (κ3) is 3.22. The maximum absolute atomic E-state index is 12.9. The molecule has 25 heavy (non-hydrogen) atoms. The number of rotatable bonds is 3. The van der Waals surface area contributed by atoms with Gasteiger partial charge in [0.15, 0.2) is 0 Å². The van der Waals surface area contributed by atoms with Crippen LogP contribution in [-0.2, 0) is 24.2 Å². The number of carbonyl (C=O) groups is 1. The van der Waals surface area contributed by atoms with Crippen molar-refractivity contribution in [2.24, 2.45) is 0 Å². The van der Waals surface area contributed by atoms with Crippen LogP contribution in [0.25, 0.3) is 10.2 Å². The number of aryl methyl sites for hydroxylation is 3. The van der Waals surface area contributed by atoms with Crippen LogP contribution in [0.3, 0.4) is 0 Å². The van der Waals surface area contributed by atoms with Gasteiger partial charge in [-0.25, -0.2) is 4.98 Å². The minimum Gasteiger partial charge on any atom is -0.340 e. The molecule has 3 heterocycles. The standard InChI is InChI=1S/C18H24N4O2S/c1-20-8-10-21(11-9-20)15(23)6-7-22-12-19-17-16(18(22)24)13-4-2-3-5-14(13)25-17/h12H,2-11H2,1H3. The van der Waals surface area contributed by atoms with Crippen molar-refractivity contribution in [2.75, 3.05) is 33.2 Å². The Hall–Kier alpha value is -1.73. The van der Waals surface area contributed by atoms with E-state index >= 15 is 0 Å². The first-order valence-corrected chi connectivity index (χ1v) is 9.91. The molecule has 0 bridgehead atoms. The van der Waals surface area contributed by atoms with E-state index in [1.165, 1.54) is 16.9 Å². The molecule has 1 aliphatic heterocycles. The van der Waals surface area contributed by atoms with Crippen LogP contribution >= 0.6 is 11.3 Å². The Morgan fingerprint density at radius 1 is 1.20 bits per heavy atom. The lowest BCUT2D eigenvalue weighted by Gasteiger charge is -2.32. The molecule has 0 aromatic carbocycles. The van der Waals surface area contributed by atoms with E-state index in [1.807, 2.05) is 4.90 Å². The van der Waals surface area contributed by atoms with Crippen LogP contribution in [0.5, 0.6) is 0 Å². The molecule has 0 unspecified atom stereocenters. The lowest BCUT2D eigenvalue weighted by molar-refractivity contribution is -0.133. The second-order valence-electron chi connectivity index (χ2n) is 7.07. The summed E-state index contributed by atoms with van der Waals surface area (Å²) >= 11 is 1.67. The first-order valence-electron chi connectivity index (χ1n) is 9.09. The Morgan fingerprint density at radius 3 is 2.76 bits per heavy atom. The number of nitrogens with zero attached hydrogens (tertiary/aromatic N) is 4. The molecule has 7 heteroatoms. The molecule has 4 rings (SSSR count). The number of thiophene rings is 1. The molecule has 1 aliphatic carbocycles. The first-order chi connectivity index (χ1) is 12.1. The molecule has 1 fully saturated rings. The quantitative estimate of drug-likeness (QED) is 0.832. The van der Waals surface area contributed by atoms with Gasteiger partial charge in [0.05, 0.1) is 11.7 Å². The molecule has 2 aliphatic rings. The van der Waals surface area contributed by atoms with Crippen LogP contribution in [0.1, 0.15) is 29.7 Å². The maximum Gasteiger partial charge on any atom is 0.262 e. The van der Waals surface area contributed by atoms with Crippen LogP contribution in [0.2, 0.25) is 0 Å². The van der Waals surface area contributed by atoms with Crippen LogP contribution in [0, 0.1) is 0 Å². The molecule has 0 saturated carbocycles. The van der Waals surface area contributed by atoms with Crippen molar-refractivity contribution in [1.82, 2.24) is 19.4 Å². The number of fused-ring (bicyclic) bond motifs is 3. The number of likely N-dealkylation sites (N-methyl/N-ethyl adjacent to an activating group) is 1. The molecular formula is C18H24N4O2S. The summed E-state index contributed by atoms with van der Waals surface area (Å²) in [7, 11) is 2.07. The Labute approximate surface area is 151 Å². The maximum atomic E-state index is 12.9. The van der Waals surface area contributed by atoms with Gasteiger partial charge in [0.2, 0.25) is 5.91 Å². The zero-order valence-electron chi connectivity index (χ0n) is 14.7. The van der Waals surface area contributed by atoms with Crippen molar-refractivity contribution in [3.8, 4) is 0 Å². The fourth-order valence-electron chi connectivity index (χ4n) is 3.77. The lowest BCUT2D eigenvalue weighted by Crippen LogP contribution is -2.47. The van der Waals surface area contributed by atoms with Crippen molar-refractivity contribution in [3.63, 3.8) is 0 Å². The molecule has 2 aromatic heterocycles. The van der Waals surface area contributed by atoms with Gasteiger partial charge < -0.3 is 9.80 Å². The highest BCUT2D eigenvalue weighted by Gasteiger charge is 2.21. The van der Waals surface area contributed by atoms with Gasteiger partial charge in [0, 0.05) is 44.0 Å². The van der Waals surface area contributed by atoms with Gasteiger partial charge in [0.25, 0.3) is 5.56 Å². The van der Waals surface area contributed by atoms with E-state index in [0.29, 0.717) is 13.0 Å². The number of hydrogen-bond acceptors (Lipinski definition) is 5. The molecule has 2 aromatic rings. The topological polar surface area (TPSA) is 58.4 Å². The van der Waals surface area contributed by atoms with Crippen LogP contribution in [-0.4, -0.2) is 58.5 Å². The zero-order valence-corrected chi connectivity index (χ0v) is 15.5. The van der Waals surface area contributed by atoms with Gasteiger partial charge in [-0.05, 0) is 38.3 Å². The second-order valence-corrected chi connectivity index (χ2v) is 8.15. The summed E-state index contributed by atoms with van der Waals surface area (Å²) in [6, 6.07) is 0. The summed E-state index contributed by atoms with van der Waals surface area (Å²) in [5.41, 5.74) is 1.24. The Bertz CT molecular complexity index is 849. The monoisotopic (exact) mass is 360 g/mol. The average molecular weight is 360 g/mol. The molecule has 1 amide bonds. The summed E-state index contributed by atoms with van der Waals surface area (Å²) < 4.78 is 1.62. The van der Waals surface area contributed by atoms with Gasteiger partial charge >= 0.3 is 0 Å². The van der Waals surface area contributed by atoms with Gasteiger partial charge in [-0.1, -0.05) is 0 Å². The molecule has 1 saturated heterocycles. The molecule has 134 valence electrons. The number of amides is 1. The molecular weight excluding hydrogens is 336 g/mol. The SMILES string of the molecule is CN1CCN(C(=O)CCn2cnc3sc4c(c3c2=O)CCCC4)CC1. The number of hydrogen-bond donors (Lipinski definition) is 0. The van der Waals surface area contributed by atoms with Gasteiger partial charge in [-0.15, -0.1) is 11.3 Å². The Morgan fingerprint density at radius 2 is 1.96 bits per heavy atom. The van der Waals surface area contributed by atoms with Crippen molar-refractivity contribution >= 4 is 27.5 Å². The van der Waals surface area contributed by atoms with E-state index in [-0.39, 0.29) is 11.5 Å². The molecule has 0 radical (unpaired) electrons. The van der Waals surface area contributed by atoms with Crippen molar-refractivity contribution in [2.45, 2.75) is 38.6 Å². The van der Waals surface area contributed by atoms with Gasteiger partial charge in [0.1, 0.15) is 4.83 Å². The van der Waals surface area contributed by atoms with E-state index in [2.05, 4.69) is 16.9 Å². The number of carbonyl (C=O) groups excluding carboxylic acids is 1. The fraction of sp³-hybridized carbons (Fsp3) is 0.611. The highest BCUT2D eigenvalue weighted by molar-refractivity contribution is 7.18. The van der Waals surface area contributed by atoms with Crippen LogP contribution < -0.4 is 5.56 Å². The van der Waals surface area contributed by atoms with Crippen LogP contribution in [0.4, 0.5) is 0 Å². The molecule has 0 N–H and O–H groups in total. The highest BCUT2D eigenvalue weighted by Crippen LogP contribution is 2.33. The smallest absolute Gasteiger partial charge is 0.262 e. The zero-order chi connectivity index (χ0) is 17.4. The largest absolute Gasteiger partial charge is 0.340 e. The normalized spacial score (nSPS) is 18.5. The third-order valence-electron chi connectivity index (χ3n) is 5.36. The molecule has 6 nitrogen and oxygen atoms in total. The summed E-state index contributed by atoms with van der Waals surface area (Å²) in [6.07, 6.45) is 6.38. The van der Waals surface area contributed by atoms with Crippen molar-refractivity contribution in [3.05, 3.63) is 27.1 Å². The molecule has 0 spiro atoms. The van der Waals surface area contributed by atoms with E-state index in [4.69, 9.17) is 0 Å². The minimum absolute atomic E-state index is 0.0237. The summed E-state index contributed by atoms with van der Waals surface area (Å²) in [5, 5.41) is 0.800. The van der Waals surface area contributed by atoms with Gasteiger partial charge in [-0.3, -0.25) is 14.2 Å². The fourth-order valence-corrected chi connectivity index (χ4v) is 4.99. The van der Waals surface area contributed by atoms with Crippen LogP contribution in [0.15, 0.2) is 11.1 Å². The molecule has 0 atom stereocenters. The Balaban J connectivity index is 1.51. The van der Waals surface area contributed by atoms with E-state index in [1.54, 1.807) is 22.2 Å². The van der Waals surface area contributed by atoms with E-state index < -0.39 is 0 Å². The number of aromatic nitrogens is 2. The first kappa shape index (κ1) is 16.7. The number of piperazine rings is 1. The predicted octanol–water partition coefficient (Wildman–Crippen LogP) is 1.50. The summed E-state index contributed by atoms with van der Waals surface area (Å²) in [4.78, 5) is 36.1. The minimum atomic E-state index is 0.0237. The van der Waals surface area contributed by atoms with E-state index in [0.717, 1.165) is 55.7 Å². The second kappa shape index (κ2) is 6.88. The average Bonchev–Trinajstić information content (AvgIpc) is 3.01. The van der Waals surface area contributed by atoms with Gasteiger partial charge in [-0.2, -0.15) is 0 Å². The van der Waals surface area contributed by atoms with E-state index in [9.17, 15) is 9.59 Å². The summed E-state index contributed by atoms with van der Waals surface area (Å²) in [6.45, 7) is 3.80.